The summed E-state index contributed by atoms with van der Waals surface area (Å²) in [6, 6.07) is 6.85. The van der Waals surface area contributed by atoms with Crippen LogP contribution in [0.15, 0.2) is 24.3 Å². The van der Waals surface area contributed by atoms with Gasteiger partial charge in [-0.3, -0.25) is 4.79 Å². The molecule has 2 nitrogen and oxygen atoms in total. The topological polar surface area (TPSA) is 26.3 Å². The van der Waals surface area contributed by atoms with Gasteiger partial charge in [-0.25, -0.2) is 0 Å². The Kier molecular flexibility index (Phi) is 4.23. The third kappa shape index (κ3) is 2.89. The third-order valence-electron chi connectivity index (χ3n) is 1.63. The van der Waals surface area contributed by atoms with Gasteiger partial charge in [-0.15, -0.1) is 11.6 Å². The number of alkyl halides is 1. The summed E-state index contributed by atoms with van der Waals surface area (Å²) in [6.07, 6.45) is 0. The standard InChI is InChI=1S/C10H10Cl2O2/c1-2-14-10(13)9(12)7-4-3-5-8(11)6-7/h3-6,9H,2H2,1H3/t9-/m0/s1. The molecule has 0 spiro atoms. The minimum Gasteiger partial charge on any atom is -0.465 e. The number of carbonyl (C=O) groups excluding carboxylic acids is 1. The van der Waals surface area contributed by atoms with Crippen molar-refractivity contribution < 1.29 is 9.53 Å². The van der Waals surface area contributed by atoms with Gasteiger partial charge >= 0.3 is 5.97 Å². The molecule has 0 saturated carbocycles. The van der Waals surface area contributed by atoms with Crippen molar-refractivity contribution in [2.75, 3.05) is 6.61 Å². The van der Waals surface area contributed by atoms with Crippen LogP contribution < -0.4 is 0 Å². The van der Waals surface area contributed by atoms with Crippen LogP contribution in [0, 0.1) is 0 Å². The van der Waals surface area contributed by atoms with Gasteiger partial charge in [0.25, 0.3) is 0 Å². The van der Waals surface area contributed by atoms with Gasteiger partial charge in [0.2, 0.25) is 0 Å². The van der Waals surface area contributed by atoms with Crippen LogP contribution in [0.4, 0.5) is 0 Å². The lowest BCUT2D eigenvalue weighted by molar-refractivity contribution is -0.142. The molecule has 0 heterocycles. The third-order valence-corrected chi connectivity index (χ3v) is 2.30. The van der Waals surface area contributed by atoms with Gasteiger partial charge in [0, 0.05) is 5.02 Å². The van der Waals surface area contributed by atoms with Gasteiger partial charge in [-0.05, 0) is 24.6 Å². The molecule has 0 aliphatic rings. The van der Waals surface area contributed by atoms with Crippen molar-refractivity contribution >= 4 is 29.2 Å². The highest BCUT2D eigenvalue weighted by Gasteiger charge is 2.18. The van der Waals surface area contributed by atoms with E-state index < -0.39 is 11.3 Å². The van der Waals surface area contributed by atoms with E-state index in [-0.39, 0.29) is 0 Å². The smallest absolute Gasteiger partial charge is 0.328 e. The molecule has 0 aliphatic carbocycles. The Morgan fingerprint density at radius 2 is 2.29 bits per heavy atom. The second-order valence-electron chi connectivity index (χ2n) is 2.67. The summed E-state index contributed by atoms with van der Waals surface area (Å²) in [4.78, 5) is 11.3. The van der Waals surface area contributed by atoms with Crippen LogP contribution in [-0.2, 0) is 9.53 Å². The molecule has 1 aromatic carbocycles. The van der Waals surface area contributed by atoms with Crippen molar-refractivity contribution in [1.82, 2.24) is 0 Å². The van der Waals surface area contributed by atoms with E-state index in [1.54, 1.807) is 31.2 Å². The normalized spacial score (nSPS) is 12.2. The monoisotopic (exact) mass is 232 g/mol. The number of ether oxygens (including phenoxy) is 1. The number of hydrogen-bond acceptors (Lipinski definition) is 2. The summed E-state index contributed by atoms with van der Waals surface area (Å²) in [5, 5.41) is -0.230. The van der Waals surface area contributed by atoms with Gasteiger partial charge in [0.15, 0.2) is 5.38 Å². The van der Waals surface area contributed by atoms with Gasteiger partial charge < -0.3 is 4.74 Å². The lowest BCUT2D eigenvalue weighted by Crippen LogP contribution is -2.10. The Morgan fingerprint density at radius 1 is 1.57 bits per heavy atom. The van der Waals surface area contributed by atoms with Crippen LogP contribution in [0.2, 0.25) is 5.02 Å². The zero-order valence-electron chi connectivity index (χ0n) is 7.67. The first-order valence-corrected chi connectivity index (χ1v) is 5.02. The first-order valence-electron chi connectivity index (χ1n) is 4.21. The molecule has 0 N–H and O–H groups in total. The van der Waals surface area contributed by atoms with E-state index in [2.05, 4.69) is 0 Å². The molecule has 0 aliphatic heterocycles. The predicted molar refractivity (Wildman–Crippen MR) is 56.7 cm³/mol. The fourth-order valence-corrected chi connectivity index (χ4v) is 1.41. The Labute approximate surface area is 92.8 Å². The summed E-state index contributed by atoms with van der Waals surface area (Å²) in [6.45, 7) is 2.06. The lowest BCUT2D eigenvalue weighted by Gasteiger charge is -2.08. The van der Waals surface area contributed by atoms with Crippen molar-refractivity contribution in [2.24, 2.45) is 0 Å². The SMILES string of the molecule is CCOC(=O)[C@@H](Cl)c1cccc(Cl)c1. The molecule has 4 heteroatoms. The van der Waals surface area contributed by atoms with E-state index in [9.17, 15) is 4.79 Å². The second kappa shape index (κ2) is 5.23. The number of benzene rings is 1. The molecule has 1 rings (SSSR count). The van der Waals surface area contributed by atoms with Crippen molar-refractivity contribution in [3.8, 4) is 0 Å². The molecule has 0 unspecified atom stereocenters. The van der Waals surface area contributed by atoms with Gasteiger partial charge in [-0.2, -0.15) is 0 Å². The van der Waals surface area contributed by atoms with E-state index in [0.717, 1.165) is 0 Å². The van der Waals surface area contributed by atoms with Crippen LogP contribution in [-0.4, -0.2) is 12.6 Å². The van der Waals surface area contributed by atoms with Crippen LogP contribution in [0.5, 0.6) is 0 Å². The average molecular weight is 233 g/mol. The Hall–Kier alpha value is -0.730. The van der Waals surface area contributed by atoms with E-state index >= 15 is 0 Å². The van der Waals surface area contributed by atoms with Crippen LogP contribution >= 0.6 is 23.2 Å². The molecular weight excluding hydrogens is 223 g/mol. The second-order valence-corrected chi connectivity index (χ2v) is 3.54. The fourth-order valence-electron chi connectivity index (χ4n) is 1.02. The lowest BCUT2D eigenvalue weighted by atomic mass is 10.1. The Morgan fingerprint density at radius 3 is 2.86 bits per heavy atom. The highest BCUT2D eigenvalue weighted by Crippen LogP contribution is 2.24. The van der Waals surface area contributed by atoms with E-state index in [4.69, 9.17) is 27.9 Å². The Balaban J connectivity index is 2.78. The minimum absolute atomic E-state index is 0.322. The zero-order chi connectivity index (χ0) is 10.6. The molecule has 14 heavy (non-hydrogen) atoms. The Bertz CT molecular complexity index is 326. The first-order chi connectivity index (χ1) is 6.65. The largest absolute Gasteiger partial charge is 0.465 e. The molecule has 0 radical (unpaired) electrons. The van der Waals surface area contributed by atoms with Crippen LogP contribution in [0.3, 0.4) is 0 Å². The first kappa shape index (κ1) is 11.3. The maximum atomic E-state index is 11.3. The van der Waals surface area contributed by atoms with Gasteiger partial charge in [0.05, 0.1) is 6.61 Å². The van der Waals surface area contributed by atoms with Crippen molar-refractivity contribution in [3.63, 3.8) is 0 Å². The average Bonchev–Trinajstić information content (AvgIpc) is 2.17. The van der Waals surface area contributed by atoms with Crippen LogP contribution in [0.25, 0.3) is 0 Å². The number of hydrogen-bond donors (Lipinski definition) is 0. The summed E-state index contributed by atoms with van der Waals surface area (Å²) >= 11 is 11.6. The number of esters is 1. The van der Waals surface area contributed by atoms with E-state index in [0.29, 0.717) is 17.2 Å². The molecule has 0 amide bonds. The highest BCUT2D eigenvalue weighted by atomic mass is 35.5. The summed E-state index contributed by atoms with van der Waals surface area (Å²) < 4.78 is 4.78. The molecule has 0 fully saturated rings. The maximum Gasteiger partial charge on any atom is 0.328 e. The predicted octanol–water partition coefficient (Wildman–Crippen LogP) is 3.18. The maximum absolute atomic E-state index is 11.3. The van der Waals surface area contributed by atoms with Gasteiger partial charge in [-0.1, -0.05) is 23.7 Å². The number of carbonyl (C=O) groups is 1. The molecular formula is C10H10Cl2O2. The van der Waals surface area contributed by atoms with Crippen molar-refractivity contribution in [3.05, 3.63) is 34.9 Å². The van der Waals surface area contributed by atoms with E-state index in [1.807, 2.05) is 0 Å². The highest BCUT2D eigenvalue weighted by molar-refractivity contribution is 6.32. The molecule has 0 aromatic heterocycles. The zero-order valence-corrected chi connectivity index (χ0v) is 9.18. The molecule has 0 bridgehead atoms. The molecule has 0 saturated heterocycles. The summed E-state index contributed by atoms with van der Waals surface area (Å²) in [7, 11) is 0. The number of halogens is 2. The summed E-state index contributed by atoms with van der Waals surface area (Å²) in [5.41, 5.74) is 0.651. The quantitative estimate of drug-likeness (QED) is 0.592. The van der Waals surface area contributed by atoms with Crippen molar-refractivity contribution in [1.29, 1.82) is 0 Å². The molecule has 1 atom stereocenters. The summed E-state index contributed by atoms with van der Waals surface area (Å²) in [5.74, 6) is -0.448. The minimum atomic E-state index is -0.784. The number of rotatable bonds is 3. The fraction of sp³-hybridized carbons (Fsp3) is 0.300. The van der Waals surface area contributed by atoms with Crippen molar-refractivity contribution in [2.45, 2.75) is 12.3 Å². The van der Waals surface area contributed by atoms with Gasteiger partial charge in [0.1, 0.15) is 0 Å². The van der Waals surface area contributed by atoms with Crippen LogP contribution in [0.1, 0.15) is 17.9 Å². The van der Waals surface area contributed by atoms with E-state index in [1.165, 1.54) is 0 Å². The molecule has 1 aromatic rings. The molecule has 76 valence electrons.